The number of carboxylic acids is 1. The van der Waals surface area contributed by atoms with Gasteiger partial charge >= 0.3 is 5.97 Å². The molecular formula is C14H18FNO5S. The van der Waals surface area contributed by atoms with Crippen LogP contribution >= 0.6 is 0 Å². The number of hydrogen-bond donors (Lipinski definition) is 1. The average molecular weight is 331 g/mol. The minimum atomic E-state index is -4.12. The molecule has 0 bridgehead atoms. The maximum Gasteiger partial charge on any atom is 0.336 e. The molecule has 0 amide bonds. The number of benzene rings is 1. The second-order valence-corrected chi connectivity index (χ2v) is 7.05. The molecule has 122 valence electrons. The fourth-order valence-electron chi connectivity index (χ4n) is 2.69. The Balaban J connectivity index is 2.50. The molecule has 0 aliphatic heterocycles. The number of rotatable bonds is 5. The Morgan fingerprint density at radius 3 is 2.45 bits per heavy atom. The molecule has 1 aromatic rings. The summed E-state index contributed by atoms with van der Waals surface area (Å²) in [6.45, 7) is 1.29. The Bertz CT molecular complexity index is 683. The molecule has 0 atom stereocenters. The molecule has 1 aliphatic carbocycles. The van der Waals surface area contributed by atoms with Crippen molar-refractivity contribution in [2.24, 2.45) is 0 Å². The van der Waals surface area contributed by atoms with E-state index in [4.69, 9.17) is 9.94 Å². The van der Waals surface area contributed by atoms with E-state index >= 15 is 0 Å². The van der Waals surface area contributed by atoms with Crippen LogP contribution in [0.2, 0.25) is 0 Å². The quantitative estimate of drug-likeness (QED) is 0.837. The molecule has 0 spiro atoms. The first kappa shape index (κ1) is 16.9. The first-order chi connectivity index (χ1) is 10.3. The largest absolute Gasteiger partial charge is 0.478 e. The Morgan fingerprint density at radius 1 is 1.36 bits per heavy atom. The molecule has 8 heteroatoms. The lowest BCUT2D eigenvalue weighted by Gasteiger charge is -2.25. The van der Waals surface area contributed by atoms with E-state index in [1.54, 1.807) is 0 Å². The summed E-state index contributed by atoms with van der Waals surface area (Å²) in [5.41, 5.74) is -0.475. The molecule has 0 heterocycles. The van der Waals surface area contributed by atoms with Gasteiger partial charge < -0.3 is 5.11 Å². The number of aromatic carboxylic acids is 1. The van der Waals surface area contributed by atoms with Gasteiger partial charge in [-0.3, -0.25) is 4.84 Å². The molecule has 0 aromatic heterocycles. The number of hydrogen-bond acceptors (Lipinski definition) is 4. The zero-order valence-electron chi connectivity index (χ0n) is 12.4. The van der Waals surface area contributed by atoms with E-state index in [0.717, 1.165) is 29.4 Å². The van der Waals surface area contributed by atoms with E-state index < -0.39 is 26.7 Å². The molecule has 22 heavy (non-hydrogen) atoms. The Kier molecular flexibility index (Phi) is 4.84. The van der Waals surface area contributed by atoms with Crippen molar-refractivity contribution in [1.82, 2.24) is 4.47 Å². The lowest BCUT2D eigenvalue weighted by atomic mass is 10.1. The van der Waals surface area contributed by atoms with Gasteiger partial charge in [0.25, 0.3) is 10.0 Å². The Morgan fingerprint density at radius 2 is 1.95 bits per heavy atom. The lowest BCUT2D eigenvalue weighted by Crippen LogP contribution is -2.38. The summed E-state index contributed by atoms with van der Waals surface area (Å²) in [5.74, 6) is -2.25. The fourth-order valence-corrected chi connectivity index (χ4v) is 4.21. The summed E-state index contributed by atoms with van der Waals surface area (Å²) >= 11 is 0. The first-order valence-electron chi connectivity index (χ1n) is 6.91. The first-order valence-corrected chi connectivity index (χ1v) is 8.35. The van der Waals surface area contributed by atoms with Crippen molar-refractivity contribution in [3.8, 4) is 0 Å². The van der Waals surface area contributed by atoms with E-state index in [0.29, 0.717) is 12.8 Å². The van der Waals surface area contributed by atoms with Crippen molar-refractivity contribution < 1.29 is 27.5 Å². The highest BCUT2D eigenvalue weighted by molar-refractivity contribution is 7.89. The average Bonchev–Trinajstić information content (AvgIpc) is 2.95. The van der Waals surface area contributed by atoms with E-state index in [9.17, 15) is 17.6 Å². The zero-order valence-corrected chi connectivity index (χ0v) is 13.2. The van der Waals surface area contributed by atoms with Gasteiger partial charge in [0.05, 0.1) is 23.6 Å². The monoisotopic (exact) mass is 331 g/mol. The highest BCUT2D eigenvalue weighted by Gasteiger charge is 2.35. The fraction of sp³-hybridized carbons (Fsp3) is 0.500. The topological polar surface area (TPSA) is 83.9 Å². The normalized spacial score (nSPS) is 16.4. The minimum absolute atomic E-state index is 0.101. The predicted molar refractivity (Wildman–Crippen MR) is 76.4 cm³/mol. The van der Waals surface area contributed by atoms with Crippen molar-refractivity contribution in [2.75, 3.05) is 7.11 Å². The number of halogens is 1. The van der Waals surface area contributed by atoms with E-state index in [2.05, 4.69) is 0 Å². The summed E-state index contributed by atoms with van der Waals surface area (Å²) in [6.07, 6.45) is 3.10. The third-order valence-corrected chi connectivity index (χ3v) is 5.64. The van der Waals surface area contributed by atoms with E-state index in [1.807, 2.05) is 0 Å². The molecule has 1 saturated carbocycles. The molecule has 0 radical (unpaired) electrons. The molecule has 1 N–H and O–H groups in total. The van der Waals surface area contributed by atoms with Gasteiger partial charge in [0.1, 0.15) is 5.82 Å². The molecule has 2 rings (SSSR count). The summed E-state index contributed by atoms with van der Waals surface area (Å²) in [7, 11) is -2.89. The minimum Gasteiger partial charge on any atom is -0.478 e. The van der Waals surface area contributed by atoms with Crippen LogP contribution < -0.4 is 0 Å². The van der Waals surface area contributed by atoms with Crippen molar-refractivity contribution in [3.05, 3.63) is 29.1 Å². The summed E-state index contributed by atoms with van der Waals surface area (Å²) in [6, 6.07) is 1.49. The maximum absolute atomic E-state index is 13.9. The highest BCUT2D eigenvalue weighted by atomic mass is 32.2. The van der Waals surface area contributed by atoms with Crippen LogP contribution in [0.4, 0.5) is 4.39 Å². The molecule has 6 nitrogen and oxygen atoms in total. The molecule has 0 saturated heterocycles. The van der Waals surface area contributed by atoms with Gasteiger partial charge in [0.15, 0.2) is 0 Å². The Hall–Kier alpha value is -1.51. The van der Waals surface area contributed by atoms with Crippen LogP contribution in [0, 0.1) is 12.7 Å². The van der Waals surface area contributed by atoms with Crippen LogP contribution in [-0.4, -0.2) is 37.1 Å². The van der Waals surface area contributed by atoms with Gasteiger partial charge in [-0.1, -0.05) is 17.3 Å². The molecular weight excluding hydrogens is 313 g/mol. The van der Waals surface area contributed by atoms with Gasteiger partial charge in [-0.2, -0.15) is 0 Å². The zero-order chi connectivity index (χ0) is 16.5. The molecule has 1 aliphatic rings. The number of hydroxylamine groups is 1. The van der Waals surface area contributed by atoms with Crippen LogP contribution in [0.15, 0.2) is 17.0 Å². The van der Waals surface area contributed by atoms with Crippen LogP contribution in [0.5, 0.6) is 0 Å². The van der Waals surface area contributed by atoms with Crippen LogP contribution in [0.25, 0.3) is 0 Å². The predicted octanol–water partition coefficient (Wildman–Crippen LogP) is 2.33. The van der Waals surface area contributed by atoms with Crippen molar-refractivity contribution in [3.63, 3.8) is 0 Å². The highest BCUT2D eigenvalue weighted by Crippen LogP contribution is 2.30. The smallest absolute Gasteiger partial charge is 0.336 e. The van der Waals surface area contributed by atoms with E-state index in [1.165, 1.54) is 14.0 Å². The SMILES string of the molecule is CON(C1CCCC1)S(=O)(=O)c1cc(F)c(C)c(C(=O)O)c1. The van der Waals surface area contributed by atoms with Crippen molar-refractivity contribution >= 4 is 16.0 Å². The number of carbonyl (C=O) groups is 1. The molecule has 1 aromatic carbocycles. The second kappa shape index (κ2) is 6.31. The van der Waals surface area contributed by atoms with Crippen LogP contribution in [-0.2, 0) is 14.9 Å². The van der Waals surface area contributed by atoms with Gasteiger partial charge in [0, 0.05) is 0 Å². The third kappa shape index (κ3) is 2.99. The summed E-state index contributed by atoms with van der Waals surface area (Å²) < 4.78 is 40.0. The summed E-state index contributed by atoms with van der Waals surface area (Å²) in [5, 5.41) is 9.08. The van der Waals surface area contributed by atoms with Crippen molar-refractivity contribution in [2.45, 2.75) is 43.5 Å². The van der Waals surface area contributed by atoms with Gasteiger partial charge in [-0.05, 0) is 37.5 Å². The lowest BCUT2D eigenvalue weighted by molar-refractivity contribution is -0.0786. The molecule has 1 fully saturated rings. The van der Waals surface area contributed by atoms with Gasteiger partial charge in [-0.15, -0.1) is 0 Å². The number of carboxylic acid groups (broad SMARTS) is 1. The third-order valence-electron chi connectivity index (χ3n) is 3.89. The van der Waals surface area contributed by atoms with E-state index in [-0.39, 0.29) is 17.2 Å². The standard InChI is InChI=1S/C14H18FNO5S/c1-9-12(14(17)18)7-11(8-13(9)15)22(19,20)16(21-2)10-5-3-4-6-10/h7-8,10H,3-6H2,1-2H3,(H,17,18). The van der Waals surface area contributed by atoms with Gasteiger partial charge in [0.2, 0.25) is 0 Å². The number of nitrogens with zero attached hydrogens (tertiary/aromatic N) is 1. The van der Waals surface area contributed by atoms with Crippen LogP contribution in [0.3, 0.4) is 0 Å². The Labute approximate surface area is 128 Å². The number of sulfonamides is 1. The molecule has 0 unspecified atom stereocenters. The summed E-state index contributed by atoms with van der Waals surface area (Å²) in [4.78, 5) is 15.7. The van der Waals surface area contributed by atoms with Crippen molar-refractivity contribution in [1.29, 1.82) is 0 Å². The van der Waals surface area contributed by atoms with Crippen LogP contribution in [0.1, 0.15) is 41.6 Å². The van der Waals surface area contributed by atoms with Gasteiger partial charge in [-0.25, -0.2) is 17.6 Å². The maximum atomic E-state index is 13.9. The second-order valence-electron chi connectivity index (χ2n) is 5.26.